The smallest absolute Gasteiger partial charge is 0.238 e. The summed E-state index contributed by atoms with van der Waals surface area (Å²) in [5.74, 6) is 0.00337. The predicted molar refractivity (Wildman–Crippen MR) is 87.1 cm³/mol. The van der Waals surface area contributed by atoms with Crippen molar-refractivity contribution in [2.45, 2.75) is 13.0 Å². The topological polar surface area (TPSA) is 54.5 Å². The van der Waals surface area contributed by atoms with Crippen molar-refractivity contribution >= 4 is 22.9 Å². The molecule has 116 valence electrons. The number of morpholine rings is 1. The molecule has 1 saturated heterocycles. The molecule has 1 aliphatic heterocycles. The number of thiazole rings is 1. The summed E-state index contributed by atoms with van der Waals surface area (Å²) in [4.78, 5) is 18.6. The number of ether oxygens (including phenoxy) is 1. The van der Waals surface area contributed by atoms with Gasteiger partial charge in [0.1, 0.15) is 11.1 Å². The van der Waals surface area contributed by atoms with Crippen LogP contribution in [-0.4, -0.2) is 42.0 Å². The van der Waals surface area contributed by atoms with Crippen LogP contribution >= 0.6 is 11.3 Å². The van der Waals surface area contributed by atoms with E-state index in [0.29, 0.717) is 19.7 Å². The van der Waals surface area contributed by atoms with Crippen molar-refractivity contribution in [3.8, 4) is 0 Å². The Hall–Kier alpha value is -1.76. The van der Waals surface area contributed by atoms with Crippen LogP contribution in [0.5, 0.6) is 0 Å². The SMILES string of the molecule is Cc1ccc(NC(=O)CN2CCOC(c3nccs3)C2)cc1. The van der Waals surface area contributed by atoms with Gasteiger partial charge in [-0.2, -0.15) is 0 Å². The molecular weight excluding hydrogens is 298 g/mol. The van der Waals surface area contributed by atoms with E-state index in [9.17, 15) is 4.79 Å². The first kappa shape index (κ1) is 15.1. The number of hydrogen-bond donors (Lipinski definition) is 1. The van der Waals surface area contributed by atoms with Crippen LogP contribution in [0.15, 0.2) is 35.8 Å². The van der Waals surface area contributed by atoms with Crippen LogP contribution in [0.2, 0.25) is 0 Å². The third-order valence-electron chi connectivity index (χ3n) is 3.58. The number of hydrogen-bond acceptors (Lipinski definition) is 5. The van der Waals surface area contributed by atoms with Gasteiger partial charge in [0.25, 0.3) is 0 Å². The highest BCUT2D eigenvalue weighted by atomic mass is 32.1. The number of anilines is 1. The molecule has 0 bridgehead atoms. The molecule has 5 nitrogen and oxygen atoms in total. The molecule has 1 amide bonds. The first-order valence-electron chi connectivity index (χ1n) is 7.30. The number of aromatic nitrogens is 1. The molecule has 2 heterocycles. The van der Waals surface area contributed by atoms with Gasteiger partial charge < -0.3 is 10.1 Å². The number of benzene rings is 1. The summed E-state index contributed by atoms with van der Waals surface area (Å²) in [5, 5.41) is 5.85. The number of nitrogens with one attached hydrogen (secondary N) is 1. The third kappa shape index (κ3) is 3.91. The molecule has 1 fully saturated rings. The molecule has 0 aliphatic carbocycles. The molecule has 1 N–H and O–H groups in total. The molecule has 1 unspecified atom stereocenters. The van der Waals surface area contributed by atoms with Gasteiger partial charge in [0, 0.05) is 30.4 Å². The average Bonchev–Trinajstić information content (AvgIpc) is 3.04. The molecular formula is C16H19N3O2S. The average molecular weight is 317 g/mol. The fourth-order valence-electron chi connectivity index (χ4n) is 2.43. The lowest BCUT2D eigenvalue weighted by molar-refractivity contribution is -0.119. The first-order valence-corrected chi connectivity index (χ1v) is 8.18. The summed E-state index contributed by atoms with van der Waals surface area (Å²) in [6, 6.07) is 7.82. The first-order chi connectivity index (χ1) is 10.7. The normalized spacial score (nSPS) is 19.0. The fraction of sp³-hybridized carbons (Fsp3) is 0.375. The van der Waals surface area contributed by atoms with Crippen LogP contribution in [0, 0.1) is 6.92 Å². The van der Waals surface area contributed by atoms with Gasteiger partial charge in [0.05, 0.1) is 13.2 Å². The van der Waals surface area contributed by atoms with Crippen LogP contribution in [0.1, 0.15) is 16.7 Å². The zero-order valence-electron chi connectivity index (χ0n) is 12.5. The zero-order chi connectivity index (χ0) is 15.4. The summed E-state index contributed by atoms with van der Waals surface area (Å²) in [6.45, 7) is 4.50. The minimum atomic E-state index is -0.0269. The van der Waals surface area contributed by atoms with E-state index in [1.807, 2.05) is 36.6 Å². The second-order valence-corrected chi connectivity index (χ2v) is 6.31. The summed E-state index contributed by atoms with van der Waals surface area (Å²) < 4.78 is 5.74. The minimum absolute atomic E-state index is 0.00337. The summed E-state index contributed by atoms with van der Waals surface area (Å²) in [7, 11) is 0. The summed E-state index contributed by atoms with van der Waals surface area (Å²) in [5.41, 5.74) is 2.01. The molecule has 22 heavy (non-hydrogen) atoms. The van der Waals surface area contributed by atoms with Crippen molar-refractivity contribution in [2.75, 3.05) is 31.6 Å². The maximum absolute atomic E-state index is 12.2. The van der Waals surface area contributed by atoms with Crippen molar-refractivity contribution < 1.29 is 9.53 Å². The molecule has 6 heteroatoms. The van der Waals surface area contributed by atoms with Gasteiger partial charge >= 0.3 is 0 Å². The quantitative estimate of drug-likeness (QED) is 0.941. The largest absolute Gasteiger partial charge is 0.368 e. The van der Waals surface area contributed by atoms with Gasteiger partial charge in [-0.1, -0.05) is 17.7 Å². The Morgan fingerprint density at radius 2 is 2.27 bits per heavy atom. The van der Waals surface area contributed by atoms with Crippen molar-refractivity contribution in [3.63, 3.8) is 0 Å². The van der Waals surface area contributed by atoms with Gasteiger partial charge in [-0.25, -0.2) is 4.98 Å². The van der Waals surface area contributed by atoms with E-state index in [1.165, 1.54) is 5.56 Å². The second kappa shape index (κ2) is 7.00. The molecule has 2 aromatic rings. The van der Waals surface area contributed by atoms with Gasteiger partial charge in [-0.05, 0) is 19.1 Å². The summed E-state index contributed by atoms with van der Waals surface area (Å²) >= 11 is 1.59. The van der Waals surface area contributed by atoms with E-state index in [2.05, 4.69) is 15.2 Å². The van der Waals surface area contributed by atoms with E-state index >= 15 is 0 Å². The number of carbonyl (C=O) groups excluding carboxylic acids is 1. The Kier molecular flexibility index (Phi) is 4.82. The molecule has 3 rings (SSSR count). The van der Waals surface area contributed by atoms with E-state index in [-0.39, 0.29) is 12.0 Å². The van der Waals surface area contributed by atoms with Crippen molar-refractivity contribution in [1.82, 2.24) is 9.88 Å². The monoisotopic (exact) mass is 317 g/mol. The Balaban J connectivity index is 1.53. The van der Waals surface area contributed by atoms with Crippen LogP contribution in [0.3, 0.4) is 0 Å². The van der Waals surface area contributed by atoms with E-state index in [4.69, 9.17) is 4.74 Å². The van der Waals surface area contributed by atoms with E-state index in [0.717, 1.165) is 17.2 Å². The highest BCUT2D eigenvalue weighted by Gasteiger charge is 2.25. The molecule has 1 aliphatic rings. The Bertz CT molecular complexity index is 613. The van der Waals surface area contributed by atoms with Crippen LogP contribution in [0.25, 0.3) is 0 Å². The highest BCUT2D eigenvalue weighted by molar-refractivity contribution is 7.09. The van der Waals surface area contributed by atoms with E-state index in [1.54, 1.807) is 17.5 Å². The maximum atomic E-state index is 12.2. The lowest BCUT2D eigenvalue weighted by Crippen LogP contribution is -2.42. The predicted octanol–water partition coefficient (Wildman–Crippen LogP) is 2.46. The molecule has 0 radical (unpaired) electrons. The van der Waals surface area contributed by atoms with Crippen LogP contribution in [0.4, 0.5) is 5.69 Å². The van der Waals surface area contributed by atoms with Crippen LogP contribution in [-0.2, 0) is 9.53 Å². The third-order valence-corrected chi connectivity index (χ3v) is 4.45. The number of amides is 1. The second-order valence-electron chi connectivity index (χ2n) is 5.38. The minimum Gasteiger partial charge on any atom is -0.368 e. The zero-order valence-corrected chi connectivity index (χ0v) is 13.3. The Morgan fingerprint density at radius 1 is 1.45 bits per heavy atom. The molecule has 0 spiro atoms. The number of nitrogens with zero attached hydrogens (tertiary/aromatic N) is 2. The van der Waals surface area contributed by atoms with Gasteiger partial charge in [-0.3, -0.25) is 9.69 Å². The molecule has 1 aromatic carbocycles. The maximum Gasteiger partial charge on any atom is 0.238 e. The van der Waals surface area contributed by atoms with Crippen LogP contribution < -0.4 is 5.32 Å². The van der Waals surface area contributed by atoms with Crippen molar-refractivity contribution in [2.24, 2.45) is 0 Å². The molecule has 1 atom stereocenters. The fourth-order valence-corrected chi connectivity index (χ4v) is 3.11. The molecule has 0 saturated carbocycles. The number of aryl methyl sites for hydroxylation is 1. The Morgan fingerprint density at radius 3 is 3.00 bits per heavy atom. The van der Waals surface area contributed by atoms with Gasteiger partial charge in [0.15, 0.2) is 0 Å². The van der Waals surface area contributed by atoms with E-state index < -0.39 is 0 Å². The Labute approximate surface area is 133 Å². The van der Waals surface area contributed by atoms with Gasteiger partial charge in [0.2, 0.25) is 5.91 Å². The number of rotatable bonds is 4. The lowest BCUT2D eigenvalue weighted by atomic mass is 10.2. The van der Waals surface area contributed by atoms with Crippen molar-refractivity contribution in [1.29, 1.82) is 0 Å². The summed E-state index contributed by atoms with van der Waals surface area (Å²) in [6.07, 6.45) is 1.76. The van der Waals surface area contributed by atoms with Gasteiger partial charge in [-0.15, -0.1) is 11.3 Å². The highest BCUT2D eigenvalue weighted by Crippen LogP contribution is 2.23. The standard InChI is InChI=1S/C16H19N3O2S/c1-12-2-4-13(5-3-12)18-15(20)11-19-7-8-21-14(10-19)16-17-6-9-22-16/h2-6,9,14H,7-8,10-11H2,1H3,(H,18,20). The number of carbonyl (C=O) groups is 1. The van der Waals surface area contributed by atoms with Crippen molar-refractivity contribution in [3.05, 3.63) is 46.4 Å². The lowest BCUT2D eigenvalue weighted by Gasteiger charge is -2.31. The molecule has 1 aromatic heterocycles.